The molecule has 0 spiro atoms. The average molecular weight is 489 g/mol. The van der Waals surface area contributed by atoms with Gasteiger partial charge in [-0.25, -0.2) is 4.79 Å². The molecule has 3 aromatic rings. The number of ether oxygens (including phenoxy) is 1. The molecule has 3 rings (SSSR count). The molecule has 6 heteroatoms. The number of halogens is 1. The number of benzene rings is 2. The van der Waals surface area contributed by atoms with E-state index in [0.29, 0.717) is 5.75 Å². The Balaban J connectivity index is 1.75. The van der Waals surface area contributed by atoms with Crippen LogP contribution in [-0.4, -0.2) is 23.4 Å². The van der Waals surface area contributed by atoms with Gasteiger partial charge in [0.05, 0.1) is 0 Å². The fourth-order valence-corrected chi connectivity index (χ4v) is 4.87. The quantitative estimate of drug-likeness (QED) is 0.353. The first-order valence-electron chi connectivity index (χ1n) is 9.03. The van der Waals surface area contributed by atoms with Gasteiger partial charge in [0.25, 0.3) is 0 Å². The second-order valence-corrected chi connectivity index (χ2v) is 9.75. The van der Waals surface area contributed by atoms with E-state index in [2.05, 4.69) is 65.3 Å². The maximum Gasteiger partial charge on any atom is 0.341 e. The van der Waals surface area contributed by atoms with E-state index in [1.165, 1.54) is 20.9 Å². The van der Waals surface area contributed by atoms with Crippen LogP contribution in [0.4, 0.5) is 0 Å². The lowest BCUT2D eigenvalue weighted by molar-refractivity contribution is -0.139. The number of carboxylic acid groups (broad SMARTS) is 1. The summed E-state index contributed by atoms with van der Waals surface area (Å²) in [4.78, 5) is 14.4. The first-order chi connectivity index (χ1) is 13.9. The van der Waals surface area contributed by atoms with Crippen LogP contribution >= 0.6 is 39.0 Å². The molecule has 0 atom stereocenters. The SMILES string of the molecule is Cc1ccc(C(=CCSc2ccc(OCC(=O)O)c(C)c2)c2ccc(Br)cc2)s1. The van der Waals surface area contributed by atoms with Crippen molar-refractivity contribution in [2.24, 2.45) is 0 Å². The Bertz CT molecular complexity index is 1020. The minimum Gasteiger partial charge on any atom is -0.482 e. The second kappa shape index (κ2) is 10.1. The molecular formula is C23H21BrO3S2. The largest absolute Gasteiger partial charge is 0.482 e. The molecule has 0 aliphatic heterocycles. The van der Waals surface area contributed by atoms with Gasteiger partial charge in [-0.15, -0.1) is 23.1 Å². The fourth-order valence-electron chi connectivity index (χ4n) is 2.80. The van der Waals surface area contributed by atoms with Gasteiger partial charge in [-0.1, -0.05) is 34.1 Å². The third kappa shape index (κ3) is 6.23. The van der Waals surface area contributed by atoms with Crippen molar-refractivity contribution in [2.45, 2.75) is 18.7 Å². The van der Waals surface area contributed by atoms with E-state index in [-0.39, 0.29) is 6.61 Å². The number of aliphatic carboxylic acids is 1. The summed E-state index contributed by atoms with van der Waals surface area (Å²) in [5, 5.41) is 8.76. The standard InChI is InChI=1S/C23H21BrO3S2/c1-15-13-19(8-9-21(15)27-14-23(25)26)28-12-11-20(22-10-3-16(2)29-22)17-4-6-18(24)7-5-17/h3-11,13H,12,14H2,1-2H3,(H,25,26). The summed E-state index contributed by atoms with van der Waals surface area (Å²) in [6.07, 6.45) is 2.27. The first-order valence-corrected chi connectivity index (χ1v) is 11.6. The van der Waals surface area contributed by atoms with Crippen molar-refractivity contribution in [1.82, 2.24) is 0 Å². The number of carboxylic acids is 1. The van der Waals surface area contributed by atoms with Gasteiger partial charge in [-0.3, -0.25) is 0 Å². The van der Waals surface area contributed by atoms with E-state index in [9.17, 15) is 4.79 Å². The molecule has 1 heterocycles. The maximum absolute atomic E-state index is 10.7. The van der Waals surface area contributed by atoms with Crippen molar-refractivity contribution < 1.29 is 14.6 Å². The van der Waals surface area contributed by atoms with Crippen molar-refractivity contribution in [3.63, 3.8) is 0 Å². The van der Waals surface area contributed by atoms with E-state index < -0.39 is 5.97 Å². The zero-order chi connectivity index (χ0) is 20.8. The Morgan fingerprint density at radius 1 is 1.14 bits per heavy atom. The van der Waals surface area contributed by atoms with Gasteiger partial charge in [-0.2, -0.15) is 0 Å². The van der Waals surface area contributed by atoms with Crippen LogP contribution in [0.1, 0.15) is 20.9 Å². The van der Waals surface area contributed by atoms with Crippen LogP contribution in [0.15, 0.2) is 70.0 Å². The van der Waals surface area contributed by atoms with Gasteiger partial charge in [0.1, 0.15) is 5.75 Å². The highest BCUT2D eigenvalue weighted by Crippen LogP contribution is 2.32. The van der Waals surface area contributed by atoms with Gasteiger partial charge in [0, 0.05) is 24.9 Å². The lowest BCUT2D eigenvalue weighted by Gasteiger charge is -2.09. The van der Waals surface area contributed by atoms with Crippen molar-refractivity contribution in [3.05, 3.63) is 86.0 Å². The number of aryl methyl sites for hydroxylation is 2. The normalized spacial score (nSPS) is 11.5. The molecule has 0 bridgehead atoms. The van der Waals surface area contributed by atoms with Gasteiger partial charge < -0.3 is 9.84 Å². The van der Waals surface area contributed by atoms with E-state index in [0.717, 1.165) is 20.7 Å². The van der Waals surface area contributed by atoms with Gasteiger partial charge in [0.2, 0.25) is 0 Å². The van der Waals surface area contributed by atoms with E-state index in [1.807, 2.05) is 25.1 Å². The Kier molecular flexibility index (Phi) is 7.58. The highest BCUT2D eigenvalue weighted by molar-refractivity contribution is 9.10. The molecule has 0 saturated heterocycles. The highest BCUT2D eigenvalue weighted by atomic mass is 79.9. The Morgan fingerprint density at radius 2 is 1.90 bits per heavy atom. The Hall–Kier alpha value is -2.02. The van der Waals surface area contributed by atoms with E-state index in [4.69, 9.17) is 9.84 Å². The van der Waals surface area contributed by atoms with Crippen molar-refractivity contribution in [1.29, 1.82) is 0 Å². The lowest BCUT2D eigenvalue weighted by Crippen LogP contribution is -2.09. The molecule has 0 fully saturated rings. The van der Waals surface area contributed by atoms with Crippen LogP contribution < -0.4 is 4.74 Å². The second-order valence-electron chi connectivity index (χ2n) is 6.46. The summed E-state index contributed by atoms with van der Waals surface area (Å²) in [5.74, 6) is 0.464. The van der Waals surface area contributed by atoms with Crippen molar-refractivity contribution >= 4 is 50.6 Å². The molecule has 0 aliphatic carbocycles. The fraction of sp³-hybridized carbons (Fsp3) is 0.174. The molecule has 1 aromatic heterocycles. The third-order valence-electron chi connectivity index (χ3n) is 4.20. The predicted octanol–water partition coefficient (Wildman–Crippen LogP) is 6.81. The average Bonchev–Trinajstić information content (AvgIpc) is 3.11. The smallest absolute Gasteiger partial charge is 0.341 e. The first kappa shape index (κ1) is 21.7. The Labute approximate surface area is 187 Å². The number of rotatable bonds is 8. The number of thiophene rings is 1. The van der Waals surface area contributed by atoms with Crippen LogP contribution in [0, 0.1) is 13.8 Å². The molecule has 0 amide bonds. The van der Waals surface area contributed by atoms with Crippen molar-refractivity contribution in [2.75, 3.05) is 12.4 Å². The zero-order valence-electron chi connectivity index (χ0n) is 16.1. The summed E-state index contributed by atoms with van der Waals surface area (Å²) in [6.45, 7) is 3.73. The number of thioether (sulfide) groups is 1. The number of hydrogen-bond donors (Lipinski definition) is 1. The molecule has 0 saturated carbocycles. The molecule has 2 aromatic carbocycles. The van der Waals surface area contributed by atoms with Gasteiger partial charge in [0.15, 0.2) is 6.61 Å². The molecule has 0 radical (unpaired) electrons. The summed E-state index contributed by atoms with van der Waals surface area (Å²) in [5.41, 5.74) is 3.37. The van der Waals surface area contributed by atoms with E-state index >= 15 is 0 Å². The van der Waals surface area contributed by atoms with Crippen LogP contribution in [0.2, 0.25) is 0 Å². The van der Waals surface area contributed by atoms with Gasteiger partial charge in [-0.05, 0) is 73.0 Å². The zero-order valence-corrected chi connectivity index (χ0v) is 19.4. The third-order valence-corrected chi connectivity index (χ3v) is 6.68. The molecule has 0 aliphatic rings. The molecule has 29 heavy (non-hydrogen) atoms. The molecule has 3 nitrogen and oxygen atoms in total. The lowest BCUT2D eigenvalue weighted by atomic mass is 10.0. The monoisotopic (exact) mass is 488 g/mol. The van der Waals surface area contributed by atoms with Crippen LogP contribution in [0.5, 0.6) is 5.75 Å². The maximum atomic E-state index is 10.7. The summed E-state index contributed by atoms with van der Waals surface area (Å²) < 4.78 is 6.37. The van der Waals surface area contributed by atoms with Crippen molar-refractivity contribution in [3.8, 4) is 5.75 Å². The van der Waals surface area contributed by atoms with E-state index in [1.54, 1.807) is 23.1 Å². The molecule has 150 valence electrons. The van der Waals surface area contributed by atoms with Crippen LogP contribution in [0.3, 0.4) is 0 Å². The van der Waals surface area contributed by atoms with Crippen LogP contribution in [-0.2, 0) is 4.79 Å². The summed E-state index contributed by atoms with van der Waals surface area (Å²) >= 11 is 7.05. The van der Waals surface area contributed by atoms with Gasteiger partial charge >= 0.3 is 5.97 Å². The number of hydrogen-bond acceptors (Lipinski definition) is 4. The Morgan fingerprint density at radius 3 is 2.52 bits per heavy atom. The summed E-state index contributed by atoms with van der Waals surface area (Å²) in [6, 6.07) is 18.6. The predicted molar refractivity (Wildman–Crippen MR) is 125 cm³/mol. The molecular weight excluding hydrogens is 468 g/mol. The minimum absolute atomic E-state index is 0.327. The number of carbonyl (C=O) groups is 1. The summed E-state index contributed by atoms with van der Waals surface area (Å²) in [7, 11) is 0. The minimum atomic E-state index is -0.975. The molecule has 0 unspecified atom stereocenters. The highest BCUT2D eigenvalue weighted by Gasteiger charge is 2.08. The topological polar surface area (TPSA) is 46.5 Å². The van der Waals surface area contributed by atoms with Crippen LogP contribution in [0.25, 0.3) is 5.57 Å². The molecule has 1 N–H and O–H groups in total.